The predicted octanol–water partition coefficient (Wildman–Crippen LogP) is 3.57. The molecule has 2 amide bonds. The molecule has 5 nitrogen and oxygen atoms in total. The Morgan fingerprint density at radius 2 is 1.15 bits per heavy atom. The van der Waals surface area contributed by atoms with E-state index in [1.807, 2.05) is 29.2 Å². The topological polar surface area (TPSA) is 43.9 Å². The highest BCUT2D eigenvalue weighted by Gasteiger charge is 2.36. The Morgan fingerprint density at radius 1 is 0.667 bits per heavy atom. The van der Waals surface area contributed by atoms with Crippen molar-refractivity contribution in [3.05, 3.63) is 70.3 Å². The SMILES string of the molecule is O=C1C=C(N2CCN(c3ccc(Cl)cc3)CC2)C(=O)N1c1ccc(Cl)cc1. The van der Waals surface area contributed by atoms with Crippen molar-refractivity contribution in [3.8, 4) is 0 Å². The average molecular weight is 402 g/mol. The summed E-state index contributed by atoms with van der Waals surface area (Å²) in [5.41, 5.74) is 2.08. The van der Waals surface area contributed by atoms with Crippen molar-refractivity contribution in [3.63, 3.8) is 0 Å². The normalized spacial score (nSPS) is 17.6. The van der Waals surface area contributed by atoms with E-state index in [0.29, 0.717) is 34.5 Å². The van der Waals surface area contributed by atoms with Crippen molar-refractivity contribution in [2.45, 2.75) is 0 Å². The fraction of sp³-hybridized carbons (Fsp3) is 0.200. The highest BCUT2D eigenvalue weighted by Crippen LogP contribution is 2.27. The van der Waals surface area contributed by atoms with E-state index in [9.17, 15) is 9.59 Å². The van der Waals surface area contributed by atoms with Crippen LogP contribution in [0.25, 0.3) is 0 Å². The summed E-state index contributed by atoms with van der Waals surface area (Å²) >= 11 is 11.8. The number of hydrogen-bond donors (Lipinski definition) is 0. The molecule has 4 rings (SSSR count). The van der Waals surface area contributed by atoms with Crippen LogP contribution in [0.3, 0.4) is 0 Å². The molecule has 2 heterocycles. The number of hydrogen-bond acceptors (Lipinski definition) is 4. The van der Waals surface area contributed by atoms with Crippen LogP contribution in [0, 0.1) is 0 Å². The second-order valence-electron chi connectivity index (χ2n) is 6.44. The zero-order chi connectivity index (χ0) is 19.0. The maximum absolute atomic E-state index is 12.8. The number of imide groups is 1. The van der Waals surface area contributed by atoms with E-state index < -0.39 is 0 Å². The van der Waals surface area contributed by atoms with Crippen molar-refractivity contribution in [1.82, 2.24) is 4.90 Å². The van der Waals surface area contributed by atoms with Crippen LogP contribution in [0.1, 0.15) is 0 Å². The molecule has 7 heteroatoms. The monoisotopic (exact) mass is 401 g/mol. The Balaban J connectivity index is 1.45. The van der Waals surface area contributed by atoms with Gasteiger partial charge in [-0.25, -0.2) is 4.90 Å². The molecule has 138 valence electrons. The lowest BCUT2D eigenvalue weighted by molar-refractivity contribution is -0.120. The van der Waals surface area contributed by atoms with Crippen LogP contribution in [0.5, 0.6) is 0 Å². The lowest BCUT2D eigenvalue weighted by atomic mass is 10.2. The molecular weight excluding hydrogens is 385 g/mol. The van der Waals surface area contributed by atoms with E-state index in [-0.39, 0.29) is 11.8 Å². The first-order valence-electron chi connectivity index (χ1n) is 8.64. The number of carbonyl (C=O) groups is 2. The number of carbonyl (C=O) groups excluding carboxylic acids is 2. The van der Waals surface area contributed by atoms with Crippen LogP contribution in [0.4, 0.5) is 11.4 Å². The number of anilines is 2. The largest absolute Gasteiger partial charge is 0.368 e. The van der Waals surface area contributed by atoms with Crippen molar-refractivity contribution < 1.29 is 9.59 Å². The molecule has 2 aromatic rings. The lowest BCUT2D eigenvalue weighted by Crippen LogP contribution is -2.47. The Bertz CT molecular complexity index is 902. The summed E-state index contributed by atoms with van der Waals surface area (Å²) in [6, 6.07) is 14.4. The quantitative estimate of drug-likeness (QED) is 0.737. The van der Waals surface area contributed by atoms with Gasteiger partial charge in [-0.05, 0) is 48.5 Å². The first-order chi connectivity index (χ1) is 13.0. The van der Waals surface area contributed by atoms with Gasteiger partial charge in [0.15, 0.2) is 0 Å². The molecule has 27 heavy (non-hydrogen) atoms. The van der Waals surface area contributed by atoms with Gasteiger partial charge in [-0.3, -0.25) is 9.59 Å². The van der Waals surface area contributed by atoms with Gasteiger partial charge in [0.05, 0.1) is 5.69 Å². The van der Waals surface area contributed by atoms with Crippen molar-refractivity contribution in [2.75, 3.05) is 36.0 Å². The van der Waals surface area contributed by atoms with Gasteiger partial charge in [-0.2, -0.15) is 0 Å². The van der Waals surface area contributed by atoms with Gasteiger partial charge in [-0.15, -0.1) is 0 Å². The Morgan fingerprint density at radius 3 is 1.70 bits per heavy atom. The maximum Gasteiger partial charge on any atom is 0.281 e. The number of rotatable bonds is 3. The molecule has 0 unspecified atom stereocenters. The molecule has 0 N–H and O–H groups in total. The molecule has 0 atom stereocenters. The van der Waals surface area contributed by atoms with Crippen LogP contribution in [-0.2, 0) is 9.59 Å². The minimum Gasteiger partial charge on any atom is -0.368 e. The molecule has 0 radical (unpaired) electrons. The molecule has 1 saturated heterocycles. The molecule has 2 aliphatic heterocycles. The van der Waals surface area contributed by atoms with Gasteiger partial charge in [0.25, 0.3) is 11.8 Å². The van der Waals surface area contributed by atoms with E-state index >= 15 is 0 Å². The third-order valence-electron chi connectivity index (χ3n) is 4.80. The fourth-order valence-corrected chi connectivity index (χ4v) is 3.63. The number of halogens is 2. The van der Waals surface area contributed by atoms with E-state index in [1.54, 1.807) is 24.3 Å². The lowest BCUT2D eigenvalue weighted by Gasteiger charge is -2.37. The zero-order valence-corrected chi connectivity index (χ0v) is 16.0. The molecule has 0 aromatic heterocycles. The van der Waals surface area contributed by atoms with Crippen LogP contribution < -0.4 is 9.80 Å². The number of nitrogens with zero attached hydrogens (tertiary/aromatic N) is 3. The molecular formula is C20H17Cl2N3O2. The average Bonchev–Trinajstić information content (AvgIpc) is 2.98. The number of piperazine rings is 1. The zero-order valence-electron chi connectivity index (χ0n) is 14.4. The fourth-order valence-electron chi connectivity index (χ4n) is 3.38. The Kier molecular flexibility index (Phi) is 4.81. The van der Waals surface area contributed by atoms with Gasteiger partial charge in [0.2, 0.25) is 0 Å². The van der Waals surface area contributed by atoms with Crippen LogP contribution >= 0.6 is 23.2 Å². The summed E-state index contributed by atoms with van der Waals surface area (Å²) in [5.74, 6) is -0.611. The van der Waals surface area contributed by atoms with E-state index in [0.717, 1.165) is 18.8 Å². The molecule has 1 fully saturated rings. The van der Waals surface area contributed by atoms with Crippen molar-refractivity contribution >= 4 is 46.4 Å². The van der Waals surface area contributed by atoms with Crippen molar-refractivity contribution in [2.24, 2.45) is 0 Å². The molecule has 0 spiro atoms. The molecule has 0 saturated carbocycles. The van der Waals surface area contributed by atoms with Crippen molar-refractivity contribution in [1.29, 1.82) is 0 Å². The summed E-state index contributed by atoms with van der Waals surface area (Å²) in [6.45, 7) is 2.87. The second-order valence-corrected chi connectivity index (χ2v) is 7.31. The molecule has 2 aliphatic rings. The summed E-state index contributed by atoms with van der Waals surface area (Å²) in [4.78, 5) is 30.6. The minimum absolute atomic E-state index is 0.290. The third-order valence-corrected chi connectivity index (χ3v) is 5.30. The Hall–Kier alpha value is -2.50. The highest BCUT2D eigenvalue weighted by molar-refractivity contribution is 6.32. The van der Waals surface area contributed by atoms with E-state index in [1.165, 1.54) is 11.0 Å². The van der Waals surface area contributed by atoms with Gasteiger partial charge < -0.3 is 9.80 Å². The van der Waals surface area contributed by atoms with Gasteiger partial charge in [0.1, 0.15) is 5.70 Å². The minimum atomic E-state index is -0.322. The van der Waals surface area contributed by atoms with Crippen LogP contribution in [0.2, 0.25) is 10.0 Å². The second kappa shape index (κ2) is 7.25. The third kappa shape index (κ3) is 3.53. The first kappa shape index (κ1) is 17.9. The summed E-state index contributed by atoms with van der Waals surface area (Å²) in [7, 11) is 0. The van der Waals surface area contributed by atoms with E-state index in [4.69, 9.17) is 23.2 Å². The molecule has 0 bridgehead atoms. The van der Waals surface area contributed by atoms with Crippen LogP contribution in [-0.4, -0.2) is 42.9 Å². The first-order valence-corrected chi connectivity index (χ1v) is 9.40. The predicted molar refractivity (Wildman–Crippen MR) is 107 cm³/mol. The van der Waals surface area contributed by atoms with Gasteiger partial charge in [0, 0.05) is 48.0 Å². The highest BCUT2D eigenvalue weighted by atomic mass is 35.5. The number of benzene rings is 2. The maximum atomic E-state index is 12.8. The number of amides is 2. The van der Waals surface area contributed by atoms with Gasteiger partial charge >= 0.3 is 0 Å². The Labute approximate surface area is 167 Å². The molecule has 2 aromatic carbocycles. The van der Waals surface area contributed by atoms with Gasteiger partial charge in [-0.1, -0.05) is 23.2 Å². The standard InChI is InChI=1S/C20H17Cl2N3O2/c21-14-1-5-16(6-2-14)23-9-11-24(12-10-23)18-13-19(26)25(20(18)27)17-7-3-15(22)4-8-17/h1-8,13H,9-12H2. The molecule has 0 aliphatic carbocycles. The summed E-state index contributed by atoms with van der Waals surface area (Å²) in [6.07, 6.45) is 1.43. The van der Waals surface area contributed by atoms with Crippen LogP contribution in [0.15, 0.2) is 60.3 Å². The smallest absolute Gasteiger partial charge is 0.281 e. The summed E-state index contributed by atoms with van der Waals surface area (Å²) in [5, 5.41) is 1.27. The van der Waals surface area contributed by atoms with E-state index in [2.05, 4.69) is 4.90 Å². The summed E-state index contributed by atoms with van der Waals surface area (Å²) < 4.78 is 0.